The lowest BCUT2D eigenvalue weighted by Gasteiger charge is -2.09. The third kappa shape index (κ3) is 2.14. The fourth-order valence-corrected chi connectivity index (χ4v) is 1.33. The molecule has 0 saturated heterocycles. The van der Waals surface area contributed by atoms with Gasteiger partial charge in [-0.1, -0.05) is 0 Å². The lowest BCUT2D eigenvalue weighted by atomic mass is 10.4. The van der Waals surface area contributed by atoms with Crippen molar-refractivity contribution in [2.75, 3.05) is 20.8 Å². The van der Waals surface area contributed by atoms with Gasteiger partial charge in [0.1, 0.15) is 5.69 Å². The number of nitrogens with zero attached hydrogens (tertiary/aromatic N) is 1. The van der Waals surface area contributed by atoms with Crippen LogP contribution >= 0.6 is 0 Å². The topological polar surface area (TPSA) is 40.5 Å². The Labute approximate surface area is 83.4 Å². The van der Waals surface area contributed by atoms with E-state index in [2.05, 4.69) is 4.74 Å². The van der Waals surface area contributed by atoms with Crippen LogP contribution in [0.5, 0.6) is 0 Å². The Morgan fingerprint density at radius 3 is 2.71 bits per heavy atom. The van der Waals surface area contributed by atoms with E-state index in [-0.39, 0.29) is 5.97 Å². The van der Waals surface area contributed by atoms with E-state index >= 15 is 0 Å². The monoisotopic (exact) mass is 197 g/mol. The molecule has 4 nitrogen and oxygen atoms in total. The molecule has 14 heavy (non-hydrogen) atoms. The van der Waals surface area contributed by atoms with E-state index in [1.807, 2.05) is 17.6 Å². The van der Waals surface area contributed by atoms with Crippen LogP contribution in [0.4, 0.5) is 0 Å². The minimum absolute atomic E-state index is 0.311. The van der Waals surface area contributed by atoms with Gasteiger partial charge in [0, 0.05) is 19.3 Å². The van der Waals surface area contributed by atoms with E-state index in [0.29, 0.717) is 18.8 Å². The molecule has 0 aliphatic heterocycles. The van der Waals surface area contributed by atoms with Crippen LogP contribution in [0.1, 0.15) is 16.2 Å². The first-order valence-corrected chi connectivity index (χ1v) is 4.44. The number of ether oxygens (including phenoxy) is 2. The van der Waals surface area contributed by atoms with Crippen molar-refractivity contribution in [2.24, 2.45) is 0 Å². The molecule has 0 aromatic carbocycles. The number of carbonyl (C=O) groups excluding carboxylic acids is 1. The minimum atomic E-state index is -0.311. The molecule has 1 aromatic rings. The van der Waals surface area contributed by atoms with Crippen LogP contribution in [0.25, 0.3) is 0 Å². The van der Waals surface area contributed by atoms with E-state index < -0.39 is 0 Å². The SMILES string of the molecule is COCCn1c(C)ccc1C(=O)OC. The molecule has 4 heteroatoms. The van der Waals surface area contributed by atoms with Crippen LogP contribution in [-0.4, -0.2) is 31.4 Å². The van der Waals surface area contributed by atoms with E-state index in [9.17, 15) is 4.79 Å². The standard InChI is InChI=1S/C10H15NO3/c1-8-4-5-9(10(12)14-3)11(8)6-7-13-2/h4-5H,6-7H2,1-3H3. The van der Waals surface area contributed by atoms with Gasteiger partial charge in [0.2, 0.25) is 0 Å². The highest BCUT2D eigenvalue weighted by atomic mass is 16.5. The Morgan fingerprint density at radius 2 is 2.14 bits per heavy atom. The normalized spacial score (nSPS) is 10.2. The van der Waals surface area contributed by atoms with Crippen molar-refractivity contribution < 1.29 is 14.3 Å². The van der Waals surface area contributed by atoms with Gasteiger partial charge in [0.15, 0.2) is 0 Å². The fourth-order valence-electron chi connectivity index (χ4n) is 1.33. The van der Waals surface area contributed by atoms with Crippen LogP contribution in [0.15, 0.2) is 12.1 Å². The average Bonchev–Trinajstić information content (AvgIpc) is 2.56. The molecule has 0 aliphatic rings. The van der Waals surface area contributed by atoms with Gasteiger partial charge >= 0.3 is 5.97 Å². The quantitative estimate of drug-likeness (QED) is 0.681. The molecular weight excluding hydrogens is 182 g/mol. The molecule has 0 saturated carbocycles. The fraction of sp³-hybridized carbons (Fsp3) is 0.500. The molecule has 0 bridgehead atoms. The van der Waals surface area contributed by atoms with Gasteiger partial charge in [0.05, 0.1) is 13.7 Å². The second-order valence-electron chi connectivity index (χ2n) is 3.00. The smallest absolute Gasteiger partial charge is 0.354 e. The Morgan fingerprint density at radius 1 is 1.43 bits per heavy atom. The van der Waals surface area contributed by atoms with Crippen LogP contribution in [0, 0.1) is 6.92 Å². The summed E-state index contributed by atoms with van der Waals surface area (Å²) in [6.45, 7) is 3.20. The molecule has 1 heterocycles. The molecule has 0 atom stereocenters. The lowest BCUT2D eigenvalue weighted by Crippen LogP contribution is -2.14. The van der Waals surface area contributed by atoms with Gasteiger partial charge in [-0.2, -0.15) is 0 Å². The molecule has 1 aromatic heterocycles. The van der Waals surface area contributed by atoms with Gasteiger partial charge in [0.25, 0.3) is 0 Å². The Hall–Kier alpha value is -1.29. The van der Waals surface area contributed by atoms with Crippen molar-refractivity contribution >= 4 is 5.97 Å². The molecule has 78 valence electrons. The number of esters is 1. The lowest BCUT2D eigenvalue weighted by molar-refractivity contribution is 0.0585. The molecule has 0 N–H and O–H groups in total. The number of rotatable bonds is 4. The van der Waals surface area contributed by atoms with Gasteiger partial charge in [-0.3, -0.25) is 0 Å². The number of aromatic nitrogens is 1. The zero-order valence-corrected chi connectivity index (χ0v) is 8.74. The molecule has 0 aliphatic carbocycles. The first-order chi connectivity index (χ1) is 6.70. The molecule has 0 spiro atoms. The number of hydrogen-bond acceptors (Lipinski definition) is 3. The summed E-state index contributed by atoms with van der Waals surface area (Å²) in [4.78, 5) is 11.3. The third-order valence-corrected chi connectivity index (χ3v) is 2.11. The molecule has 0 unspecified atom stereocenters. The summed E-state index contributed by atoms with van der Waals surface area (Å²) < 4.78 is 11.5. The third-order valence-electron chi connectivity index (χ3n) is 2.11. The van der Waals surface area contributed by atoms with Gasteiger partial charge in [-0.15, -0.1) is 0 Å². The van der Waals surface area contributed by atoms with E-state index in [4.69, 9.17) is 4.74 Å². The summed E-state index contributed by atoms with van der Waals surface area (Å²) in [7, 11) is 3.02. The summed E-state index contributed by atoms with van der Waals surface area (Å²) in [5.41, 5.74) is 1.60. The van der Waals surface area contributed by atoms with Crippen molar-refractivity contribution in [1.29, 1.82) is 0 Å². The first kappa shape index (κ1) is 10.8. The zero-order chi connectivity index (χ0) is 10.6. The second-order valence-corrected chi connectivity index (χ2v) is 3.00. The highest BCUT2D eigenvalue weighted by molar-refractivity contribution is 5.87. The summed E-state index contributed by atoms with van der Waals surface area (Å²) in [5, 5.41) is 0. The van der Waals surface area contributed by atoms with Gasteiger partial charge < -0.3 is 14.0 Å². The number of hydrogen-bond donors (Lipinski definition) is 0. The molecule has 0 fully saturated rings. The molecule has 0 amide bonds. The Balaban J connectivity index is 2.88. The highest BCUT2D eigenvalue weighted by Gasteiger charge is 2.12. The van der Waals surface area contributed by atoms with Gasteiger partial charge in [-0.05, 0) is 19.1 Å². The molecule has 0 radical (unpaired) electrons. The largest absolute Gasteiger partial charge is 0.464 e. The zero-order valence-electron chi connectivity index (χ0n) is 8.74. The molecular formula is C10H15NO3. The second kappa shape index (κ2) is 4.81. The maximum atomic E-state index is 11.3. The van der Waals surface area contributed by atoms with Crippen molar-refractivity contribution in [3.63, 3.8) is 0 Å². The average molecular weight is 197 g/mol. The minimum Gasteiger partial charge on any atom is -0.464 e. The Kier molecular flexibility index (Phi) is 3.71. The van der Waals surface area contributed by atoms with Gasteiger partial charge in [-0.25, -0.2) is 4.79 Å². The summed E-state index contributed by atoms with van der Waals surface area (Å²) in [6, 6.07) is 3.65. The number of aryl methyl sites for hydroxylation is 1. The van der Waals surface area contributed by atoms with Crippen molar-refractivity contribution in [3.05, 3.63) is 23.5 Å². The van der Waals surface area contributed by atoms with Crippen LogP contribution in [-0.2, 0) is 16.0 Å². The van der Waals surface area contributed by atoms with E-state index in [0.717, 1.165) is 5.69 Å². The number of methoxy groups -OCH3 is 2. The maximum Gasteiger partial charge on any atom is 0.354 e. The van der Waals surface area contributed by atoms with Crippen LogP contribution in [0.3, 0.4) is 0 Å². The van der Waals surface area contributed by atoms with Crippen molar-refractivity contribution in [2.45, 2.75) is 13.5 Å². The van der Waals surface area contributed by atoms with Crippen molar-refractivity contribution in [3.8, 4) is 0 Å². The Bertz CT molecular complexity index is 317. The first-order valence-electron chi connectivity index (χ1n) is 4.44. The van der Waals surface area contributed by atoms with Crippen LogP contribution in [0.2, 0.25) is 0 Å². The summed E-state index contributed by atoms with van der Waals surface area (Å²) in [6.07, 6.45) is 0. The molecule has 1 rings (SSSR count). The summed E-state index contributed by atoms with van der Waals surface area (Å²) in [5.74, 6) is -0.311. The summed E-state index contributed by atoms with van der Waals surface area (Å²) >= 11 is 0. The van der Waals surface area contributed by atoms with Crippen molar-refractivity contribution in [1.82, 2.24) is 4.57 Å². The predicted molar refractivity (Wildman–Crippen MR) is 52.4 cm³/mol. The van der Waals surface area contributed by atoms with Crippen LogP contribution < -0.4 is 0 Å². The van der Waals surface area contributed by atoms with E-state index in [1.165, 1.54) is 7.11 Å². The van der Waals surface area contributed by atoms with E-state index in [1.54, 1.807) is 13.2 Å². The highest BCUT2D eigenvalue weighted by Crippen LogP contribution is 2.09. The predicted octanol–water partition coefficient (Wildman–Crippen LogP) is 1.23. The maximum absolute atomic E-state index is 11.3. The number of carbonyl (C=O) groups is 1.